The maximum Gasteiger partial charge on any atom is 0.251 e. The molecule has 240 valence electrons. The van der Waals surface area contributed by atoms with Crippen molar-refractivity contribution in [1.29, 1.82) is 5.26 Å². The third kappa shape index (κ3) is 8.38. The highest BCUT2D eigenvalue weighted by Crippen LogP contribution is 2.34. The number of halogens is 1. The van der Waals surface area contributed by atoms with Gasteiger partial charge in [0.1, 0.15) is 5.82 Å². The van der Waals surface area contributed by atoms with Crippen molar-refractivity contribution in [2.24, 2.45) is 0 Å². The van der Waals surface area contributed by atoms with Gasteiger partial charge in [0.05, 0.1) is 33.2 Å². The second-order valence-corrected chi connectivity index (χ2v) is 13.9. The van der Waals surface area contributed by atoms with E-state index in [1.54, 1.807) is 30.3 Å². The third-order valence-electron chi connectivity index (χ3n) is 7.91. The Bertz CT molecular complexity index is 2040. The van der Waals surface area contributed by atoms with Crippen LogP contribution in [0.4, 0.5) is 4.39 Å². The molecule has 4 aromatic carbocycles. The van der Waals surface area contributed by atoms with Gasteiger partial charge >= 0.3 is 0 Å². The lowest BCUT2D eigenvalue weighted by Gasteiger charge is -2.21. The van der Waals surface area contributed by atoms with Crippen LogP contribution in [-0.4, -0.2) is 36.3 Å². The summed E-state index contributed by atoms with van der Waals surface area (Å²) in [4.78, 5) is 12.5. The molecule has 0 saturated heterocycles. The van der Waals surface area contributed by atoms with E-state index < -0.39 is 27.6 Å². The molecule has 0 saturated carbocycles. The molecule has 0 fully saturated rings. The molecular formula is C37H33FN3O5S-. The van der Waals surface area contributed by atoms with Gasteiger partial charge in [-0.1, -0.05) is 86.6 Å². The van der Waals surface area contributed by atoms with Gasteiger partial charge in [-0.15, -0.1) is 0 Å². The van der Waals surface area contributed by atoms with E-state index >= 15 is 0 Å². The summed E-state index contributed by atoms with van der Waals surface area (Å²) in [6.45, 7) is 6.19. The summed E-state index contributed by atoms with van der Waals surface area (Å²) in [7, 11) is -4.42. The predicted octanol–water partition coefficient (Wildman–Crippen LogP) is 6.97. The van der Waals surface area contributed by atoms with E-state index in [4.69, 9.17) is 9.78 Å². The lowest BCUT2D eigenvalue weighted by molar-refractivity contribution is 0.0956. The van der Waals surface area contributed by atoms with Crippen molar-refractivity contribution >= 4 is 16.0 Å². The molecule has 5 rings (SSSR count). The Kier molecular flexibility index (Phi) is 9.70. The Morgan fingerprint density at radius 2 is 1.68 bits per heavy atom. The van der Waals surface area contributed by atoms with Crippen molar-refractivity contribution in [3.8, 4) is 28.5 Å². The average molecular weight is 651 g/mol. The molecule has 47 heavy (non-hydrogen) atoms. The number of amides is 1. The van der Waals surface area contributed by atoms with Gasteiger partial charge in [-0.2, -0.15) is 5.26 Å². The van der Waals surface area contributed by atoms with Gasteiger partial charge in [-0.25, -0.2) is 12.8 Å². The molecule has 5 aromatic rings. The number of carbonyl (C=O) groups is 1. The fourth-order valence-corrected chi connectivity index (χ4v) is 5.63. The summed E-state index contributed by atoms with van der Waals surface area (Å²) < 4.78 is 53.2. The number of nitrogens with one attached hydrogen (secondary N) is 1. The smallest absolute Gasteiger partial charge is 0.251 e. The molecule has 1 amide bonds. The largest absolute Gasteiger partial charge is 0.748 e. The average Bonchev–Trinajstić information content (AvgIpc) is 3.53. The molecule has 1 heterocycles. The van der Waals surface area contributed by atoms with Crippen molar-refractivity contribution in [2.45, 2.75) is 38.5 Å². The summed E-state index contributed by atoms with van der Waals surface area (Å²) >= 11 is 0. The minimum atomic E-state index is -4.42. The lowest BCUT2D eigenvalue weighted by Crippen LogP contribution is -2.28. The summed E-state index contributed by atoms with van der Waals surface area (Å²) in [5.74, 6) is -1.33. The van der Waals surface area contributed by atoms with Gasteiger partial charge < -0.3 is 14.4 Å². The van der Waals surface area contributed by atoms with Crippen LogP contribution in [0.1, 0.15) is 65.0 Å². The Labute approximate surface area is 273 Å². The number of benzene rings is 4. The molecule has 8 nitrogen and oxygen atoms in total. The van der Waals surface area contributed by atoms with Crippen molar-refractivity contribution in [3.63, 3.8) is 0 Å². The van der Waals surface area contributed by atoms with Gasteiger partial charge in [0.25, 0.3) is 5.91 Å². The topological polar surface area (TPSA) is 136 Å². The summed E-state index contributed by atoms with van der Waals surface area (Å²) in [6, 6.07) is 30.8. The minimum absolute atomic E-state index is 0.0250. The highest BCUT2D eigenvalue weighted by Gasteiger charge is 2.22. The molecule has 0 spiro atoms. The van der Waals surface area contributed by atoms with Gasteiger partial charge in [-0.05, 0) is 64.4 Å². The van der Waals surface area contributed by atoms with Crippen molar-refractivity contribution in [1.82, 2.24) is 10.5 Å². The molecule has 0 aliphatic carbocycles. The number of carbonyl (C=O) groups excluding carboxylic acids is 1. The van der Waals surface area contributed by atoms with E-state index in [0.29, 0.717) is 40.1 Å². The van der Waals surface area contributed by atoms with Crippen LogP contribution in [0.15, 0.2) is 102 Å². The maximum atomic E-state index is 14.8. The number of hydrogen-bond acceptors (Lipinski definition) is 7. The molecule has 1 atom stereocenters. The van der Waals surface area contributed by atoms with E-state index in [2.05, 4.69) is 55.5 Å². The van der Waals surface area contributed by atoms with E-state index in [1.807, 2.05) is 42.5 Å². The standard InChI is InChI=1S/C37H34FN3O5S/c1-37(2,3)30-14-12-26(13-15-30)32(19-24-7-10-27(11-8-24)36(42)40-17-18-47(43,44)45)34-22-35(46-41-34)29-6-4-5-28(21-29)31-16-9-25(23-39)20-33(31)38/h4-16,20-22,32H,17-19H2,1-3H3,(H,40,42)(H,43,44,45)/p-1. The van der Waals surface area contributed by atoms with Gasteiger partial charge in [0.2, 0.25) is 0 Å². The Balaban J connectivity index is 1.43. The van der Waals surface area contributed by atoms with E-state index in [0.717, 1.165) is 11.1 Å². The first kappa shape index (κ1) is 33.3. The summed E-state index contributed by atoms with van der Waals surface area (Å²) in [5.41, 5.74) is 6.11. The zero-order valence-corrected chi connectivity index (χ0v) is 27.0. The number of rotatable bonds is 10. The summed E-state index contributed by atoms with van der Waals surface area (Å²) in [6.07, 6.45) is 0.535. The number of nitriles is 1. The normalized spacial score (nSPS) is 12.3. The summed E-state index contributed by atoms with van der Waals surface area (Å²) in [5, 5.41) is 16.0. The molecule has 0 radical (unpaired) electrons. The molecule has 0 bridgehead atoms. The Morgan fingerprint density at radius 1 is 0.979 bits per heavy atom. The van der Waals surface area contributed by atoms with E-state index in [9.17, 15) is 22.2 Å². The first-order valence-electron chi connectivity index (χ1n) is 15.0. The highest BCUT2D eigenvalue weighted by molar-refractivity contribution is 7.85. The lowest BCUT2D eigenvalue weighted by atomic mass is 9.83. The van der Waals surface area contributed by atoms with Crippen LogP contribution >= 0.6 is 0 Å². The van der Waals surface area contributed by atoms with Crippen LogP contribution in [0.2, 0.25) is 0 Å². The van der Waals surface area contributed by atoms with Gasteiger partial charge in [0.15, 0.2) is 5.76 Å². The van der Waals surface area contributed by atoms with Gasteiger partial charge in [0, 0.05) is 35.2 Å². The van der Waals surface area contributed by atoms with Crippen LogP contribution in [0.25, 0.3) is 22.5 Å². The maximum absolute atomic E-state index is 14.8. The molecule has 1 unspecified atom stereocenters. The molecular weight excluding hydrogens is 617 g/mol. The zero-order valence-electron chi connectivity index (χ0n) is 26.2. The Morgan fingerprint density at radius 3 is 2.32 bits per heavy atom. The second-order valence-electron chi connectivity index (χ2n) is 12.3. The number of nitrogens with zero attached hydrogens (tertiary/aromatic N) is 2. The predicted molar refractivity (Wildman–Crippen MR) is 176 cm³/mol. The van der Waals surface area contributed by atoms with Gasteiger partial charge in [-0.3, -0.25) is 4.79 Å². The van der Waals surface area contributed by atoms with Crippen molar-refractivity contribution in [3.05, 3.63) is 136 Å². The molecule has 10 heteroatoms. The van der Waals surface area contributed by atoms with Crippen LogP contribution in [0, 0.1) is 17.1 Å². The second kappa shape index (κ2) is 13.7. The zero-order chi connectivity index (χ0) is 33.8. The number of hydrogen-bond donors (Lipinski definition) is 1. The molecule has 1 aromatic heterocycles. The van der Waals surface area contributed by atoms with Crippen LogP contribution in [-0.2, 0) is 22.0 Å². The van der Waals surface area contributed by atoms with Crippen molar-refractivity contribution < 1.29 is 26.7 Å². The first-order valence-corrected chi connectivity index (χ1v) is 16.6. The SMILES string of the molecule is CC(C)(C)c1ccc(C(Cc2ccc(C(=O)NCCS(=O)(=O)[O-])cc2)c2cc(-c3cccc(-c4ccc(C#N)cc4F)c3)on2)cc1. The molecule has 0 aliphatic rings. The Hall–Kier alpha value is -5.11. The first-order chi connectivity index (χ1) is 22.3. The monoisotopic (exact) mass is 650 g/mol. The third-order valence-corrected chi connectivity index (χ3v) is 8.62. The van der Waals surface area contributed by atoms with E-state index in [1.165, 1.54) is 11.6 Å². The quantitative estimate of drug-likeness (QED) is 0.161. The fraction of sp³-hybridized carbons (Fsp3) is 0.216. The van der Waals surface area contributed by atoms with Crippen molar-refractivity contribution in [2.75, 3.05) is 12.3 Å². The minimum Gasteiger partial charge on any atom is -0.748 e. The van der Waals surface area contributed by atoms with E-state index in [-0.39, 0.29) is 23.4 Å². The molecule has 1 N–H and O–H groups in total. The number of aromatic nitrogens is 1. The highest BCUT2D eigenvalue weighted by atomic mass is 32.2. The fourth-order valence-electron chi connectivity index (χ4n) is 5.28. The van der Waals surface area contributed by atoms with Crippen LogP contribution in [0.3, 0.4) is 0 Å². The van der Waals surface area contributed by atoms with Crippen LogP contribution < -0.4 is 5.32 Å². The molecule has 0 aliphatic heterocycles. The van der Waals surface area contributed by atoms with Crippen LogP contribution in [0.5, 0.6) is 0 Å².